The highest BCUT2D eigenvalue weighted by molar-refractivity contribution is 9.10. The molecule has 3 rings (SSSR count). The van der Waals surface area contributed by atoms with Crippen LogP contribution in [0.2, 0.25) is 0 Å². The van der Waals surface area contributed by atoms with Gasteiger partial charge in [-0.3, -0.25) is 4.79 Å². The van der Waals surface area contributed by atoms with Crippen molar-refractivity contribution in [1.82, 2.24) is 14.9 Å². The van der Waals surface area contributed by atoms with Crippen LogP contribution in [-0.2, 0) is 4.74 Å². The number of anilines is 2. The molecule has 1 aromatic carbocycles. The Bertz CT molecular complexity index is 717. The van der Waals surface area contributed by atoms with Crippen LogP contribution in [0.3, 0.4) is 0 Å². The summed E-state index contributed by atoms with van der Waals surface area (Å²) in [7, 11) is 0. The molecule has 1 aromatic heterocycles. The normalized spacial score (nSPS) is 14.6. The van der Waals surface area contributed by atoms with Crippen LogP contribution in [0.25, 0.3) is 0 Å². The number of nitrogens with one attached hydrogen (secondary N) is 1. The van der Waals surface area contributed by atoms with Crippen molar-refractivity contribution < 1.29 is 9.53 Å². The van der Waals surface area contributed by atoms with Gasteiger partial charge in [-0.15, -0.1) is 0 Å². The van der Waals surface area contributed by atoms with Crippen LogP contribution in [0, 0.1) is 6.92 Å². The van der Waals surface area contributed by atoms with Crippen molar-refractivity contribution in [3.8, 4) is 0 Å². The zero-order valence-corrected chi connectivity index (χ0v) is 14.3. The molecule has 1 aliphatic heterocycles. The summed E-state index contributed by atoms with van der Waals surface area (Å²) in [5.41, 5.74) is 2.39. The van der Waals surface area contributed by atoms with Gasteiger partial charge >= 0.3 is 0 Å². The van der Waals surface area contributed by atoms with Gasteiger partial charge < -0.3 is 15.0 Å². The van der Waals surface area contributed by atoms with Gasteiger partial charge in [0.1, 0.15) is 5.69 Å². The van der Waals surface area contributed by atoms with Crippen LogP contribution < -0.4 is 5.32 Å². The second-order valence-corrected chi connectivity index (χ2v) is 6.13. The lowest BCUT2D eigenvalue weighted by molar-refractivity contribution is 0.0299. The van der Waals surface area contributed by atoms with Crippen molar-refractivity contribution in [3.63, 3.8) is 0 Å². The number of aromatic nitrogens is 2. The molecule has 1 aliphatic rings. The predicted molar refractivity (Wildman–Crippen MR) is 90.9 cm³/mol. The van der Waals surface area contributed by atoms with E-state index in [2.05, 4.69) is 31.2 Å². The number of halogens is 1. The van der Waals surface area contributed by atoms with Crippen LogP contribution >= 0.6 is 15.9 Å². The molecule has 1 fully saturated rings. The van der Waals surface area contributed by atoms with E-state index in [0.717, 1.165) is 15.7 Å². The van der Waals surface area contributed by atoms with E-state index in [1.165, 1.54) is 0 Å². The number of carbonyl (C=O) groups excluding carboxylic acids is 1. The van der Waals surface area contributed by atoms with E-state index in [4.69, 9.17) is 4.74 Å². The molecule has 2 aromatic rings. The molecule has 120 valence electrons. The minimum absolute atomic E-state index is 0.0956. The third kappa shape index (κ3) is 3.86. The van der Waals surface area contributed by atoms with Crippen LogP contribution in [0.1, 0.15) is 16.1 Å². The summed E-state index contributed by atoms with van der Waals surface area (Å²) in [5.74, 6) is 0.301. The van der Waals surface area contributed by atoms with Gasteiger partial charge in [-0.05, 0) is 46.6 Å². The third-order valence-corrected chi connectivity index (χ3v) is 4.20. The average molecular weight is 377 g/mol. The maximum Gasteiger partial charge on any atom is 0.272 e. The smallest absolute Gasteiger partial charge is 0.272 e. The fourth-order valence-corrected chi connectivity index (χ4v) is 2.90. The molecule has 0 aliphatic carbocycles. The van der Waals surface area contributed by atoms with E-state index in [-0.39, 0.29) is 5.91 Å². The Labute approximate surface area is 143 Å². The Morgan fingerprint density at radius 1 is 1.30 bits per heavy atom. The number of carbonyl (C=O) groups is 1. The minimum Gasteiger partial charge on any atom is -0.378 e. The zero-order valence-electron chi connectivity index (χ0n) is 12.8. The molecule has 0 atom stereocenters. The van der Waals surface area contributed by atoms with Crippen molar-refractivity contribution >= 4 is 33.5 Å². The van der Waals surface area contributed by atoms with Crippen molar-refractivity contribution in [2.24, 2.45) is 0 Å². The molecular weight excluding hydrogens is 360 g/mol. The molecule has 1 amide bonds. The molecule has 1 N–H and O–H groups in total. The first-order chi connectivity index (χ1) is 11.1. The lowest BCUT2D eigenvalue weighted by Gasteiger charge is -2.26. The number of ether oxygens (including phenoxy) is 1. The first-order valence-corrected chi connectivity index (χ1v) is 8.16. The molecule has 0 bridgehead atoms. The maximum atomic E-state index is 12.5. The molecule has 2 heterocycles. The zero-order chi connectivity index (χ0) is 16.2. The highest BCUT2D eigenvalue weighted by Gasteiger charge is 2.20. The third-order valence-electron chi connectivity index (χ3n) is 3.54. The number of nitrogens with zero attached hydrogens (tertiary/aromatic N) is 3. The van der Waals surface area contributed by atoms with Crippen LogP contribution in [0.5, 0.6) is 0 Å². The van der Waals surface area contributed by atoms with Gasteiger partial charge in [0, 0.05) is 23.8 Å². The SMILES string of the molecule is Cc1ccc(Nc2nccc(C(=O)N3CCOCC3)n2)c(Br)c1. The Morgan fingerprint density at radius 3 is 2.83 bits per heavy atom. The van der Waals surface area contributed by atoms with Crippen molar-refractivity contribution in [2.45, 2.75) is 6.92 Å². The molecule has 0 unspecified atom stereocenters. The predicted octanol–water partition coefficient (Wildman–Crippen LogP) is 2.76. The number of rotatable bonds is 3. The van der Waals surface area contributed by atoms with Gasteiger partial charge in [0.25, 0.3) is 5.91 Å². The molecule has 0 radical (unpaired) electrons. The van der Waals surface area contributed by atoms with Gasteiger partial charge in [-0.2, -0.15) is 0 Å². The summed E-state index contributed by atoms with van der Waals surface area (Å²) in [4.78, 5) is 22.7. The molecule has 1 saturated heterocycles. The quantitative estimate of drug-likeness (QED) is 0.891. The molecule has 6 nitrogen and oxygen atoms in total. The summed E-state index contributed by atoms with van der Waals surface area (Å²) in [5, 5.41) is 3.13. The fraction of sp³-hybridized carbons (Fsp3) is 0.312. The lowest BCUT2D eigenvalue weighted by Crippen LogP contribution is -2.41. The highest BCUT2D eigenvalue weighted by atomic mass is 79.9. The molecular formula is C16H17BrN4O2. The van der Waals surface area contributed by atoms with E-state index in [9.17, 15) is 4.79 Å². The van der Waals surface area contributed by atoms with Crippen molar-refractivity contribution in [1.29, 1.82) is 0 Å². The largest absolute Gasteiger partial charge is 0.378 e. The van der Waals surface area contributed by atoms with E-state index in [1.54, 1.807) is 17.2 Å². The summed E-state index contributed by atoms with van der Waals surface area (Å²) < 4.78 is 6.19. The first-order valence-electron chi connectivity index (χ1n) is 7.37. The number of hydrogen-bond acceptors (Lipinski definition) is 5. The summed E-state index contributed by atoms with van der Waals surface area (Å²) >= 11 is 3.51. The van der Waals surface area contributed by atoms with E-state index < -0.39 is 0 Å². The highest BCUT2D eigenvalue weighted by Crippen LogP contribution is 2.25. The van der Waals surface area contributed by atoms with E-state index in [0.29, 0.717) is 37.9 Å². The lowest BCUT2D eigenvalue weighted by atomic mass is 10.2. The topological polar surface area (TPSA) is 67.4 Å². The van der Waals surface area contributed by atoms with Crippen molar-refractivity contribution in [3.05, 3.63) is 46.2 Å². The van der Waals surface area contributed by atoms with Crippen LogP contribution in [0.15, 0.2) is 34.9 Å². The number of aryl methyl sites for hydroxylation is 1. The standard InChI is InChI=1S/C16H17BrN4O2/c1-11-2-3-13(12(17)10-11)19-16-18-5-4-14(20-16)15(22)21-6-8-23-9-7-21/h2-5,10H,6-9H2,1H3,(H,18,19,20). The number of benzene rings is 1. The number of amides is 1. The fourth-order valence-electron chi connectivity index (χ4n) is 2.31. The minimum atomic E-state index is -0.0956. The van der Waals surface area contributed by atoms with Gasteiger partial charge in [-0.1, -0.05) is 6.07 Å². The maximum absolute atomic E-state index is 12.5. The van der Waals surface area contributed by atoms with Gasteiger partial charge in [0.05, 0.1) is 18.9 Å². The molecule has 0 spiro atoms. The second kappa shape index (κ2) is 7.06. The molecule has 23 heavy (non-hydrogen) atoms. The van der Waals surface area contributed by atoms with Gasteiger partial charge in [0.15, 0.2) is 0 Å². The van der Waals surface area contributed by atoms with E-state index >= 15 is 0 Å². The van der Waals surface area contributed by atoms with Crippen molar-refractivity contribution in [2.75, 3.05) is 31.6 Å². The average Bonchev–Trinajstić information content (AvgIpc) is 2.58. The van der Waals surface area contributed by atoms with Gasteiger partial charge in [-0.25, -0.2) is 9.97 Å². The molecule has 0 saturated carbocycles. The van der Waals surface area contributed by atoms with E-state index in [1.807, 2.05) is 25.1 Å². The number of hydrogen-bond donors (Lipinski definition) is 1. The monoisotopic (exact) mass is 376 g/mol. The summed E-state index contributed by atoms with van der Waals surface area (Å²) in [6, 6.07) is 7.58. The Kier molecular flexibility index (Phi) is 4.88. The Hall–Kier alpha value is -1.99. The second-order valence-electron chi connectivity index (χ2n) is 5.28. The first kappa shape index (κ1) is 15.9. The van der Waals surface area contributed by atoms with Crippen LogP contribution in [0.4, 0.5) is 11.6 Å². The summed E-state index contributed by atoms with van der Waals surface area (Å²) in [6.07, 6.45) is 1.59. The molecule has 7 heteroatoms. The summed E-state index contributed by atoms with van der Waals surface area (Å²) in [6.45, 7) is 4.34. The number of morpholine rings is 1. The Balaban J connectivity index is 1.78. The van der Waals surface area contributed by atoms with Gasteiger partial charge in [0.2, 0.25) is 5.95 Å². The Morgan fingerprint density at radius 2 is 2.09 bits per heavy atom. The van der Waals surface area contributed by atoms with Crippen LogP contribution in [-0.4, -0.2) is 47.1 Å².